The second-order valence-electron chi connectivity index (χ2n) is 5.95. The summed E-state index contributed by atoms with van der Waals surface area (Å²) in [6, 6.07) is 12.4. The van der Waals surface area contributed by atoms with Crippen LogP contribution in [0.3, 0.4) is 0 Å². The third-order valence-corrected chi connectivity index (χ3v) is 4.18. The average Bonchev–Trinajstić information content (AvgIpc) is 2.71. The Bertz CT molecular complexity index is 814. The molecule has 28 heavy (non-hydrogen) atoms. The van der Waals surface area contributed by atoms with Gasteiger partial charge in [-0.3, -0.25) is 9.59 Å². The van der Waals surface area contributed by atoms with Crippen molar-refractivity contribution in [1.29, 1.82) is 0 Å². The summed E-state index contributed by atoms with van der Waals surface area (Å²) in [7, 11) is 3.14. The first kappa shape index (κ1) is 23.3. The molecule has 2 amide bonds. The summed E-state index contributed by atoms with van der Waals surface area (Å²) >= 11 is 0. The molecule has 0 fully saturated rings. The first-order chi connectivity index (χ1) is 13.0. The second kappa shape index (κ2) is 11.2. The van der Waals surface area contributed by atoms with Crippen molar-refractivity contribution in [3.63, 3.8) is 0 Å². The summed E-state index contributed by atoms with van der Waals surface area (Å²) in [5.41, 5.74) is 7.40. The maximum atomic E-state index is 12.7. The molecule has 0 radical (unpaired) electrons. The van der Waals surface area contributed by atoms with Crippen molar-refractivity contribution < 1.29 is 19.1 Å². The topological polar surface area (TPSA) is 103 Å². The van der Waals surface area contributed by atoms with Gasteiger partial charge in [0.1, 0.15) is 0 Å². The minimum Gasteiger partial charge on any atom is -0.493 e. The van der Waals surface area contributed by atoms with E-state index in [1.165, 1.54) is 0 Å². The van der Waals surface area contributed by atoms with Crippen LogP contribution in [0.2, 0.25) is 0 Å². The van der Waals surface area contributed by atoms with Crippen molar-refractivity contribution in [2.24, 2.45) is 5.73 Å². The van der Waals surface area contributed by atoms with Gasteiger partial charge >= 0.3 is 0 Å². The Labute approximate surface area is 171 Å². The highest BCUT2D eigenvalue weighted by Gasteiger charge is 2.16. The molecule has 152 valence electrons. The molecule has 0 aliphatic carbocycles. The van der Waals surface area contributed by atoms with Gasteiger partial charge in [-0.2, -0.15) is 0 Å². The molecule has 0 spiro atoms. The van der Waals surface area contributed by atoms with E-state index < -0.39 is 0 Å². The minimum atomic E-state index is -0.274. The monoisotopic (exact) mass is 407 g/mol. The van der Waals surface area contributed by atoms with Gasteiger partial charge in [0.05, 0.1) is 26.8 Å². The molecule has 2 aromatic rings. The van der Waals surface area contributed by atoms with Gasteiger partial charge in [0.15, 0.2) is 11.5 Å². The largest absolute Gasteiger partial charge is 0.493 e. The zero-order chi connectivity index (χ0) is 19.8. The molecule has 0 aliphatic heterocycles. The number of ether oxygens (including phenoxy) is 2. The summed E-state index contributed by atoms with van der Waals surface area (Å²) in [6.45, 7) is 2.03. The number of nitrogens with two attached hydrogens (primary N) is 1. The molecule has 2 aromatic carbocycles. The van der Waals surface area contributed by atoms with E-state index in [1.807, 2.05) is 25.1 Å². The molecule has 0 saturated heterocycles. The van der Waals surface area contributed by atoms with Crippen molar-refractivity contribution in [2.75, 3.05) is 20.8 Å². The maximum Gasteiger partial charge on any atom is 0.252 e. The summed E-state index contributed by atoms with van der Waals surface area (Å²) in [5.74, 6) is 0.723. The number of hydrogen-bond donors (Lipinski definition) is 3. The molecule has 0 heterocycles. The van der Waals surface area contributed by atoms with Gasteiger partial charge in [0.25, 0.3) is 5.91 Å². The van der Waals surface area contributed by atoms with Crippen LogP contribution in [-0.4, -0.2) is 32.6 Å². The molecular formula is C20H26ClN3O4. The van der Waals surface area contributed by atoms with E-state index in [1.54, 1.807) is 38.5 Å². The molecule has 8 heteroatoms. The number of methoxy groups -OCH3 is 2. The number of halogens is 1. The quantitative estimate of drug-likeness (QED) is 0.622. The van der Waals surface area contributed by atoms with Gasteiger partial charge in [0, 0.05) is 12.1 Å². The summed E-state index contributed by atoms with van der Waals surface area (Å²) < 4.78 is 10.5. The SMILES string of the molecule is COc1ccc([C@@H](C)NC(=O)c2ccccc2CNC(=O)CN)cc1OC.Cl. The molecule has 0 aliphatic rings. The van der Waals surface area contributed by atoms with Crippen LogP contribution in [0.4, 0.5) is 0 Å². The average molecular weight is 408 g/mol. The predicted molar refractivity (Wildman–Crippen MR) is 110 cm³/mol. The van der Waals surface area contributed by atoms with Crippen LogP contribution in [0.25, 0.3) is 0 Å². The third kappa shape index (κ3) is 5.87. The van der Waals surface area contributed by atoms with Crippen LogP contribution in [0.5, 0.6) is 11.5 Å². The van der Waals surface area contributed by atoms with E-state index in [2.05, 4.69) is 10.6 Å². The number of carbonyl (C=O) groups is 2. The molecule has 7 nitrogen and oxygen atoms in total. The van der Waals surface area contributed by atoms with E-state index >= 15 is 0 Å². The number of rotatable bonds is 8. The van der Waals surface area contributed by atoms with Crippen molar-refractivity contribution in [1.82, 2.24) is 10.6 Å². The number of amides is 2. The number of hydrogen-bond acceptors (Lipinski definition) is 5. The van der Waals surface area contributed by atoms with Crippen LogP contribution in [0.1, 0.15) is 34.5 Å². The molecule has 0 saturated carbocycles. The molecule has 0 bridgehead atoms. The Morgan fingerprint density at radius 1 is 1.07 bits per heavy atom. The lowest BCUT2D eigenvalue weighted by Crippen LogP contribution is -2.32. The predicted octanol–water partition coefficient (Wildman–Crippen LogP) is 2.19. The van der Waals surface area contributed by atoms with Crippen molar-refractivity contribution in [3.05, 3.63) is 59.2 Å². The summed E-state index contributed by atoms with van der Waals surface area (Å²) in [6.07, 6.45) is 0. The van der Waals surface area contributed by atoms with Crippen molar-refractivity contribution in [3.8, 4) is 11.5 Å². The summed E-state index contributed by atoms with van der Waals surface area (Å²) in [5, 5.41) is 5.65. The maximum absolute atomic E-state index is 12.7. The van der Waals surface area contributed by atoms with Crippen molar-refractivity contribution >= 4 is 24.2 Å². The lowest BCUT2D eigenvalue weighted by Gasteiger charge is -2.18. The highest BCUT2D eigenvalue weighted by molar-refractivity contribution is 5.96. The van der Waals surface area contributed by atoms with E-state index in [0.717, 1.165) is 11.1 Å². The standard InChI is InChI=1S/C20H25N3O4.ClH/c1-13(14-8-9-17(26-2)18(10-14)27-3)23-20(25)16-7-5-4-6-15(16)12-22-19(24)11-21;/h4-10,13H,11-12,21H2,1-3H3,(H,22,24)(H,23,25);1H/t13-;/m1./s1. The van der Waals surface area contributed by atoms with Crippen LogP contribution in [0.15, 0.2) is 42.5 Å². The van der Waals surface area contributed by atoms with Gasteiger partial charge in [-0.15, -0.1) is 12.4 Å². The Morgan fingerprint density at radius 2 is 1.75 bits per heavy atom. The van der Waals surface area contributed by atoms with Crippen LogP contribution >= 0.6 is 12.4 Å². The smallest absolute Gasteiger partial charge is 0.252 e. The molecular weight excluding hydrogens is 382 g/mol. The van der Waals surface area contributed by atoms with Crippen LogP contribution < -0.4 is 25.8 Å². The van der Waals surface area contributed by atoms with Gasteiger partial charge in [-0.1, -0.05) is 24.3 Å². The highest BCUT2D eigenvalue weighted by Crippen LogP contribution is 2.30. The minimum absolute atomic E-state index is 0. The van der Waals surface area contributed by atoms with Crippen molar-refractivity contribution in [2.45, 2.75) is 19.5 Å². The number of nitrogens with one attached hydrogen (secondary N) is 2. The molecule has 0 unspecified atom stereocenters. The van der Waals surface area contributed by atoms with Crippen LogP contribution in [0, 0.1) is 0 Å². The van der Waals surface area contributed by atoms with E-state index in [9.17, 15) is 9.59 Å². The molecule has 1 atom stereocenters. The third-order valence-electron chi connectivity index (χ3n) is 4.18. The fourth-order valence-electron chi connectivity index (χ4n) is 2.64. The van der Waals surface area contributed by atoms with Gasteiger partial charge in [-0.05, 0) is 36.2 Å². The zero-order valence-corrected chi connectivity index (χ0v) is 17.0. The first-order valence-electron chi connectivity index (χ1n) is 8.57. The number of carbonyl (C=O) groups excluding carboxylic acids is 2. The summed E-state index contributed by atoms with van der Waals surface area (Å²) in [4.78, 5) is 24.1. The van der Waals surface area contributed by atoms with Gasteiger partial charge < -0.3 is 25.8 Å². The molecule has 4 N–H and O–H groups in total. The lowest BCUT2D eigenvalue weighted by molar-refractivity contribution is -0.119. The van der Waals surface area contributed by atoms with E-state index in [4.69, 9.17) is 15.2 Å². The lowest BCUT2D eigenvalue weighted by atomic mass is 10.0. The second-order valence-corrected chi connectivity index (χ2v) is 5.95. The first-order valence-corrected chi connectivity index (χ1v) is 8.57. The Balaban J connectivity index is 0.00000392. The number of benzene rings is 2. The Hall–Kier alpha value is -2.77. The van der Waals surface area contributed by atoms with Crippen LogP contribution in [-0.2, 0) is 11.3 Å². The van der Waals surface area contributed by atoms with E-state index in [0.29, 0.717) is 17.1 Å². The molecule has 0 aromatic heterocycles. The highest BCUT2D eigenvalue weighted by atomic mass is 35.5. The normalized spacial score (nSPS) is 11.0. The zero-order valence-electron chi connectivity index (χ0n) is 16.2. The van der Waals surface area contributed by atoms with E-state index in [-0.39, 0.29) is 43.4 Å². The fraction of sp³-hybridized carbons (Fsp3) is 0.300. The Morgan fingerprint density at radius 3 is 2.39 bits per heavy atom. The van der Waals surface area contributed by atoms with Gasteiger partial charge in [-0.25, -0.2) is 0 Å². The van der Waals surface area contributed by atoms with Gasteiger partial charge in [0.2, 0.25) is 5.91 Å². The fourth-order valence-corrected chi connectivity index (χ4v) is 2.64. The molecule has 2 rings (SSSR count). The Kier molecular flexibility index (Phi) is 9.27.